The number of nitro groups is 1. The summed E-state index contributed by atoms with van der Waals surface area (Å²) in [6.07, 6.45) is 0.205. The number of rotatable bonds is 8. The smallest absolute Gasteiger partial charge is 0.292 e. The van der Waals surface area contributed by atoms with Crippen molar-refractivity contribution in [3.63, 3.8) is 0 Å². The van der Waals surface area contributed by atoms with Gasteiger partial charge in [-0.2, -0.15) is 5.10 Å². The Labute approximate surface area is 168 Å². The van der Waals surface area contributed by atoms with Crippen LogP contribution in [0.15, 0.2) is 54.6 Å². The molecule has 8 nitrogen and oxygen atoms in total. The van der Waals surface area contributed by atoms with Crippen molar-refractivity contribution in [2.45, 2.75) is 26.8 Å². The molecule has 0 unspecified atom stereocenters. The molecule has 0 fully saturated rings. The number of hydrogen-bond donors (Lipinski definition) is 2. The summed E-state index contributed by atoms with van der Waals surface area (Å²) in [4.78, 5) is 22.8. The Morgan fingerprint density at radius 2 is 1.79 bits per heavy atom. The van der Waals surface area contributed by atoms with E-state index in [4.69, 9.17) is 0 Å². The minimum atomic E-state index is -0.446. The van der Waals surface area contributed by atoms with E-state index in [0.29, 0.717) is 18.8 Å². The summed E-state index contributed by atoms with van der Waals surface area (Å²) >= 11 is 0. The Morgan fingerprint density at radius 1 is 1.10 bits per heavy atom. The molecule has 0 bridgehead atoms. The number of carbonyl (C=O) groups excluding carboxylic acids is 1. The van der Waals surface area contributed by atoms with Gasteiger partial charge in [-0.3, -0.25) is 14.9 Å². The van der Waals surface area contributed by atoms with Gasteiger partial charge in [0.15, 0.2) is 0 Å². The van der Waals surface area contributed by atoms with Crippen molar-refractivity contribution in [3.8, 4) is 5.69 Å². The van der Waals surface area contributed by atoms with E-state index in [1.165, 1.54) is 6.07 Å². The molecule has 0 aliphatic rings. The Hall–Kier alpha value is -3.68. The number of amides is 1. The number of benzene rings is 2. The van der Waals surface area contributed by atoms with Crippen molar-refractivity contribution in [2.24, 2.45) is 0 Å². The predicted molar refractivity (Wildman–Crippen MR) is 111 cm³/mol. The van der Waals surface area contributed by atoms with Crippen molar-refractivity contribution < 1.29 is 9.72 Å². The molecule has 29 heavy (non-hydrogen) atoms. The highest BCUT2D eigenvalue weighted by Gasteiger charge is 2.14. The standard InChI is InChI=1S/C21H23N5O3/c1-15-18(16(2)25(24-15)17-8-4-3-5-9-17)14-23-21(27)12-13-22-19-10-6-7-11-20(19)26(28)29/h3-11,22H,12-14H2,1-2H3,(H,23,27). The van der Waals surface area contributed by atoms with Crippen LogP contribution in [0.4, 0.5) is 11.4 Å². The van der Waals surface area contributed by atoms with Crippen LogP contribution in [0.2, 0.25) is 0 Å². The maximum absolute atomic E-state index is 12.2. The van der Waals surface area contributed by atoms with Gasteiger partial charge in [-0.1, -0.05) is 30.3 Å². The van der Waals surface area contributed by atoms with E-state index in [1.54, 1.807) is 18.2 Å². The van der Waals surface area contributed by atoms with Crippen molar-refractivity contribution in [2.75, 3.05) is 11.9 Å². The number of nitrogens with zero attached hydrogens (tertiary/aromatic N) is 3. The minimum Gasteiger partial charge on any atom is -0.379 e. The van der Waals surface area contributed by atoms with Gasteiger partial charge in [0.2, 0.25) is 5.91 Å². The molecular weight excluding hydrogens is 370 g/mol. The number of anilines is 1. The summed E-state index contributed by atoms with van der Waals surface area (Å²) in [5.74, 6) is -0.137. The van der Waals surface area contributed by atoms with Crippen LogP contribution in [0.1, 0.15) is 23.4 Å². The molecule has 150 valence electrons. The molecule has 0 atom stereocenters. The lowest BCUT2D eigenvalue weighted by Crippen LogP contribution is -2.25. The summed E-state index contributed by atoms with van der Waals surface area (Å²) in [7, 11) is 0. The fraction of sp³-hybridized carbons (Fsp3) is 0.238. The average Bonchev–Trinajstić information content (AvgIpc) is 3.01. The lowest BCUT2D eigenvalue weighted by atomic mass is 10.2. The Bertz CT molecular complexity index is 1010. The van der Waals surface area contributed by atoms with Crippen LogP contribution in [0, 0.1) is 24.0 Å². The second-order valence-electron chi connectivity index (χ2n) is 6.62. The summed E-state index contributed by atoms with van der Waals surface area (Å²) in [5, 5.41) is 21.5. The van der Waals surface area contributed by atoms with E-state index >= 15 is 0 Å². The third kappa shape index (κ3) is 4.78. The summed E-state index contributed by atoms with van der Waals surface area (Å²) in [5.41, 5.74) is 4.19. The molecule has 0 radical (unpaired) electrons. The monoisotopic (exact) mass is 393 g/mol. The maximum Gasteiger partial charge on any atom is 0.292 e. The highest BCUT2D eigenvalue weighted by Crippen LogP contribution is 2.23. The first-order valence-corrected chi connectivity index (χ1v) is 9.32. The molecule has 3 rings (SSSR count). The number of aromatic nitrogens is 2. The molecule has 0 spiro atoms. The summed E-state index contributed by atoms with van der Waals surface area (Å²) in [6.45, 7) is 4.58. The van der Waals surface area contributed by atoms with Gasteiger partial charge in [0.1, 0.15) is 5.69 Å². The fourth-order valence-electron chi connectivity index (χ4n) is 3.12. The van der Waals surface area contributed by atoms with Crippen molar-refractivity contribution in [1.29, 1.82) is 0 Å². The molecule has 2 aromatic carbocycles. The second kappa shape index (κ2) is 9.01. The number of nitrogens with one attached hydrogen (secondary N) is 2. The number of hydrogen-bond acceptors (Lipinski definition) is 5. The molecule has 0 aliphatic heterocycles. The Balaban J connectivity index is 1.55. The minimum absolute atomic E-state index is 0.00696. The number of para-hydroxylation sites is 3. The topological polar surface area (TPSA) is 102 Å². The normalized spacial score (nSPS) is 10.6. The van der Waals surface area contributed by atoms with Crippen LogP contribution in [0.25, 0.3) is 5.69 Å². The van der Waals surface area contributed by atoms with Gasteiger partial charge in [0, 0.05) is 36.8 Å². The van der Waals surface area contributed by atoms with E-state index in [0.717, 1.165) is 22.6 Å². The quantitative estimate of drug-likeness (QED) is 0.450. The molecular formula is C21H23N5O3. The van der Waals surface area contributed by atoms with E-state index in [9.17, 15) is 14.9 Å². The van der Waals surface area contributed by atoms with Crippen LogP contribution in [-0.2, 0) is 11.3 Å². The zero-order valence-corrected chi connectivity index (χ0v) is 16.4. The van der Waals surface area contributed by atoms with Gasteiger partial charge in [0.25, 0.3) is 5.69 Å². The van der Waals surface area contributed by atoms with Crippen LogP contribution < -0.4 is 10.6 Å². The van der Waals surface area contributed by atoms with Gasteiger partial charge in [-0.15, -0.1) is 0 Å². The van der Waals surface area contributed by atoms with Gasteiger partial charge >= 0.3 is 0 Å². The van der Waals surface area contributed by atoms with Crippen molar-refractivity contribution in [3.05, 3.63) is 81.7 Å². The molecule has 3 aromatic rings. The van der Waals surface area contributed by atoms with Gasteiger partial charge in [0.05, 0.1) is 16.3 Å². The van der Waals surface area contributed by atoms with Crippen molar-refractivity contribution in [1.82, 2.24) is 15.1 Å². The first-order valence-electron chi connectivity index (χ1n) is 9.32. The first-order chi connectivity index (χ1) is 14.0. The highest BCUT2D eigenvalue weighted by atomic mass is 16.6. The van der Waals surface area contributed by atoms with Gasteiger partial charge < -0.3 is 10.6 Å². The molecule has 0 aliphatic carbocycles. The predicted octanol–water partition coefficient (Wildman–Crippen LogP) is 3.52. The van der Waals surface area contributed by atoms with Crippen LogP contribution in [-0.4, -0.2) is 27.2 Å². The van der Waals surface area contributed by atoms with Gasteiger partial charge in [-0.05, 0) is 32.0 Å². The SMILES string of the molecule is Cc1nn(-c2ccccc2)c(C)c1CNC(=O)CCNc1ccccc1[N+](=O)[O-]. The van der Waals surface area contributed by atoms with E-state index in [2.05, 4.69) is 15.7 Å². The molecule has 1 heterocycles. The molecule has 2 N–H and O–H groups in total. The zero-order valence-electron chi connectivity index (χ0n) is 16.4. The summed E-state index contributed by atoms with van der Waals surface area (Å²) < 4.78 is 1.87. The average molecular weight is 393 g/mol. The highest BCUT2D eigenvalue weighted by molar-refractivity contribution is 5.76. The third-order valence-corrected chi connectivity index (χ3v) is 4.67. The zero-order chi connectivity index (χ0) is 20.8. The molecule has 0 saturated carbocycles. The second-order valence-corrected chi connectivity index (χ2v) is 6.62. The Kier molecular flexibility index (Phi) is 6.23. The lowest BCUT2D eigenvalue weighted by molar-refractivity contribution is -0.384. The van der Waals surface area contributed by atoms with E-state index in [-0.39, 0.29) is 18.0 Å². The first kappa shape index (κ1) is 20.1. The number of aryl methyl sites for hydroxylation is 1. The fourth-order valence-corrected chi connectivity index (χ4v) is 3.12. The van der Waals surface area contributed by atoms with E-state index < -0.39 is 4.92 Å². The lowest BCUT2D eigenvalue weighted by Gasteiger charge is -2.09. The number of carbonyl (C=O) groups is 1. The molecule has 8 heteroatoms. The largest absolute Gasteiger partial charge is 0.379 e. The Morgan fingerprint density at radius 3 is 2.52 bits per heavy atom. The van der Waals surface area contributed by atoms with Crippen LogP contribution >= 0.6 is 0 Å². The van der Waals surface area contributed by atoms with Gasteiger partial charge in [-0.25, -0.2) is 4.68 Å². The molecule has 1 aromatic heterocycles. The van der Waals surface area contributed by atoms with Crippen LogP contribution in [0.5, 0.6) is 0 Å². The van der Waals surface area contributed by atoms with E-state index in [1.807, 2.05) is 48.9 Å². The molecule has 0 saturated heterocycles. The molecule has 1 amide bonds. The maximum atomic E-state index is 12.2. The van der Waals surface area contributed by atoms with Crippen molar-refractivity contribution >= 4 is 17.3 Å². The van der Waals surface area contributed by atoms with Crippen LogP contribution in [0.3, 0.4) is 0 Å². The third-order valence-electron chi connectivity index (χ3n) is 4.67. The summed E-state index contributed by atoms with van der Waals surface area (Å²) in [6, 6.07) is 16.2. The number of nitro benzene ring substituents is 1.